The van der Waals surface area contributed by atoms with Crippen LogP contribution in [0.3, 0.4) is 0 Å². The molecule has 25 heavy (non-hydrogen) atoms. The van der Waals surface area contributed by atoms with Gasteiger partial charge in [-0.2, -0.15) is 0 Å². The zero-order valence-corrected chi connectivity index (χ0v) is 13.9. The SMILES string of the molecule is Oc1cc(-c2cccnc2)cc2c1OCCN(CCn1ccnc1)C2. The zero-order chi connectivity index (χ0) is 17.1. The lowest BCUT2D eigenvalue weighted by atomic mass is 10.0. The van der Waals surface area contributed by atoms with Gasteiger partial charge in [0.15, 0.2) is 11.5 Å². The molecule has 128 valence electrons. The lowest BCUT2D eigenvalue weighted by molar-refractivity contribution is 0.217. The fraction of sp³-hybridized carbons (Fsp3) is 0.263. The Morgan fingerprint density at radius 1 is 1.12 bits per heavy atom. The lowest BCUT2D eigenvalue weighted by Crippen LogP contribution is -2.29. The molecular weight excluding hydrogens is 316 g/mol. The second-order valence-electron chi connectivity index (χ2n) is 6.15. The largest absolute Gasteiger partial charge is 0.504 e. The molecule has 0 aliphatic carbocycles. The van der Waals surface area contributed by atoms with E-state index in [2.05, 4.69) is 25.5 Å². The normalized spacial score (nSPS) is 14.6. The number of pyridine rings is 1. The Bertz CT molecular complexity index is 834. The highest BCUT2D eigenvalue weighted by Crippen LogP contribution is 2.37. The van der Waals surface area contributed by atoms with Gasteiger partial charge in [-0.25, -0.2) is 4.98 Å². The quantitative estimate of drug-likeness (QED) is 0.793. The first kappa shape index (κ1) is 15.7. The Hall–Kier alpha value is -2.86. The second-order valence-corrected chi connectivity index (χ2v) is 6.15. The van der Waals surface area contributed by atoms with Gasteiger partial charge in [0.05, 0.1) is 6.33 Å². The number of benzene rings is 1. The Morgan fingerprint density at radius 2 is 2.08 bits per heavy atom. The Balaban J connectivity index is 1.57. The van der Waals surface area contributed by atoms with Crippen LogP contribution in [0.5, 0.6) is 11.5 Å². The Morgan fingerprint density at radius 3 is 2.88 bits per heavy atom. The maximum Gasteiger partial charge on any atom is 0.165 e. The molecule has 1 aromatic carbocycles. The van der Waals surface area contributed by atoms with Gasteiger partial charge in [-0.05, 0) is 23.8 Å². The molecule has 3 heterocycles. The van der Waals surface area contributed by atoms with Gasteiger partial charge >= 0.3 is 0 Å². The summed E-state index contributed by atoms with van der Waals surface area (Å²) in [4.78, 5) is 10.6. The van der Waals surface area contributed by atoms with E-state index in [1.165, 1.54) is 0 Å². The summed E-state index contributed by atoms with van der Waals surface area (Å²) in [6.45, 7) is 3.91. The number of hydrogen-bond donors (Lipinski definition) is 1. The molecule has 0 amide bonds. The predicted molar refractivity (Wildman–Crippen MR) is 94.3 cm³/mol. The van der Waals surface area contributed by atoms with Crippen molar-refractivity contribution in [3.05, 3.63) is 60.9 Å². The van der Waals surface area contributed by atoms with E-state index >= 15 is 0 Å². The average Bonchev–Trinajstić information content (AvgIpc) is 3.07. The van der Waals surface area contributed by atoms with Crippen LogP contribution >= 0.6 is 0 Å². The van der Waals surface area contributed by atoms with Crippen molar-refractivity contribution in [3.8, 4) is 22.6 Å². The number of phenols is 1. The molecule has 0 atom stereocenters. The molecule has 0 unspecified atom stereocenters. The minimum atomic E-state index is 0.188. The van der Waals surface area contributed by atoms with Gasteiger partial charge in [0.2, 0.25) is 0 Å². The van der Waals surface area contributed by atoms with E-state index in [4.69, 9.17) is 4.74 Å². The van der Waals surface area contributed by atoms with Crippen molar-refractivity contribution in [3.63, 3.8) is 0 Å². The number of nitrogens with zero attached hydrogens (tertiary/aromatic N) is 4. The van der Waals surface area contributed by atoms with Crippen molar-refractivity contribution in [1.82, 2.24) is 19.4 Å². The molecule has 0 bridgehead atoms. The molecule has 0 saturated heterocycles. The molecule has 0 spiro atoms. The maximum atomic E-state index is 10.4. The van der Waals surface area contributed by atoms with Crippen LogP contribution in [0.4, 0.5) is 0 Å². The molecule has 0 saturated carbocycles. The lowest BCUT2D eigenvalue weighted by Gasteiger charge is -2.19. The van der Waals surface area contributed by atoms with E-state index in [0.717, 1.165) is 42.9 Å². The van der Waals surface area contributed by atoms with Crippen molar-refractivity contribution in [2.45, 2.75) is 13.1 Å². The summed E-state index contributed by atoms with van der Waals surface area (Å²) in [7, 11) is 0. The molecule has 1 aliphatic heterocycles. The van der Waals surface area contributed by atoms with E-state index < -0.39 is 0 Å². The van der Waals surface area contributed by atoms with Gasteiger partial charge in [0.25, 0.3) is 0 Å². The van der Waals surface area contributed by atoms with Crippen LogP contribution in [-0.2, 0) is 13.1 Å². The topological polar surface area (TPSA) is 63.4 Å². The van der Waals surface area contributed by atoms with Crippen molar-refractivity contribution in [1.29, 1.82) is 0 Å². The van der Waals surface area contributed by atoms with Crippen LogP contribution < -0.4 is 4.74 Å². The highest BCUT2D eigenvalue weighted by molar-refractivity contribution is 5.68. The van der Waals surface area contributed by atoms with Gasteiger partial charge in [-0.15, -0.1) is 0 Å². The minimum Gasteiger partial charge on any atom is -0.504 e. The van der Waals surface area contributed by atoms with Crippen LogP contribution in [0.15, 0.2) is 55.4 Å². The number of aromatic hydroxyl groups is 1. The number of fused-ring (bicyclic) bond motifs is 1. The number of hydrogen-bond acceptors (Lipinski definition) is 5. The van der Waals surface area contributed by atoms with E-state index in [1.807, 2.05) is 24.7 Å². The Kier molecular flexibility index (Phi) is 4.35. The summed E-state index contributed by atoms with van der Waals surface area (Å²) in [6, 6.07) is 7.72. The monoisotopic (exact) mass is 336 g/mol. The highest BCUT2D eigenvalue weighted by atomic mass is 16.5. The highest BCUT2D eigenvalue weighted by Gasteiger charge is 2.19. The predicted octanol–water partition coefficient (Wildman–Crippen LogP) is 2.55. The first-order valence-corrected chi connectivity index (χ1v) is 8.37. The Labute approximate surface area is 146 Å². The van der Waals surface area contributed by atoms with Gasteiger partial charge in [0.1, 0.15) is 6.61 Å². The number of phenolic OH excluding ortho intramolecular Hbond substituents is 1. The molecule has 0 fully saturated rings. The first-order valence-electron chi connectivity index (χ1n) is 8.37. The molecule has 3 aromatic rings. The number of rotatable bonds is 4. The van der Waals surface area contributed by atoms with Crippen molar-refractivity contribution < 1.29 is 9.84 Å². The summed E-state index contributed by atoms with van der Waals surface area (Å²) >= 11 is 0. The van der Waals surface area contributed by atoms with E-state index in [0.29, 0.717) is 12.4 Å². The van der Waals surface area contributed by atoms with Crippen LogP contribution in [-0.4, -0.2) is 44.2 Å². The smallest absolute Gasteiger partial charge is 0.165 e. The van der Waals surface area contributed by atoms with E-state index in [1.54, 1.807) is 24.7 Å². The molecule has 6 heteroatoms. The molecule has 4 rings (SSSR count). The third-order valence-electron chi connectivity index (χ3n) is 4.42. The number of ether oxygens (including phenoxy) is 1. The second kappa shape index (κ2) is 6.94. The third kappa shape index (κ3) is 3.49. The fourth-order valence-electron chi connectivity index (χ4n) is 3.12. The van der Waals surface area contributed by atoms with Gasteiger partial charge < -0.3 is 14.4 Å². The van der Waals surface area contributed by atoms with E-state index in [-0.39, 0.29) is 5.75 Å². The summed E-state index contributed by atoms with van der Waals surface area (Å²) in [6.07, 6.45) is 9.13. The van der Waals surface area contributed by atoms with Crippen molar-refractivity contribution in [2.75, 3.05) is 19.7 Å². The third-order valence-corrected chi connectivity index (χ3v) is 4.42. The fourth-order valence-corrected chi connectivity index (χ4v) is 3.12. The number of aromatic nitrogens is 3. The zero-order valence-electron chi connectivity index (χ0n) is 13.9. The van der Waals surface area contributed by atoms with Crippen molar-refractivity contribution >= 4 is 0 Å². The summed E-state index contributed by atoms with van der Waals surface area (Å²) < 4.78 is 7.88. The van der Waals surface area contributed by atoms with Gasteiger partial charge in [-0.3, -0.25) is 9.88 Å². The standard InChI is InChI=1S/C19H20N4O2/c24-18-11-16(15-2-1-3-20-12-15)10-17-13-22(8-9-25-19(17)18)6-7-23-5-4-21-14-23/h1-5,10-12,14,24H,6-9,13H2. The van der Waals surface area contributed by atoms with E-state index in [9.17, 15) is 5.11 Å². The molecule has 6 nitrogen and oxygen atoms in total. The van der Waals surface area contributed by atoms with Crippen LogP contribution in [0, 0.1) is 0 Å². The molecule has 2 aromatic heterocycles. The minimum absolute atomic E-state index is 0.188. The summed E-state index contributed by atoms with van der Waals surface area (Å²) in [5, 5.41) is 10.4. The summed E-state index contributed by atoms with van der Waals surface area (Å²) in [5.41, 5.74) is 2.93. The van der Waals surface area contributed by atoms with Crippen LogP contribution in [0.1, 0.15) is 5.56 Å². The van der Waals surface area contributed by atoms with Crippen LogP contribution in [0.2, 0.25) is 0 Å². The summed E-state index contributed by atoms with van der Waals surface area (Å²) in [5.74, 6) is 0.783. The van der Waals surface area contributed by atoms with Crippen LogP contribution in [0.25, 0.3) is 11.1 Å². The van der Waals surface area contributed by atoms with Crippen molar-refractivity contribution in [2.24, 2.45) is 0 Å². The first-order chi connectivity index (χ1) is 12.3. The molecular formula is C19H20N4O2. The molecule has 0 radical (unpaired) electrons. The average molecular weight is 336 g/mol. The number of imidazole rings is 1. The maximum absolute atomic E-state index is 10.4. The van der Waals surface area contributed by atoms with Gasteiger partial charge in [-0.1, -0.05) is 6.07 Å². The molecule has 1 aliphatic rings. The molecule has 1 N–H and O–H groups in total. The van der Waals surface area contributed by atoms with Gasteiger partial charge in [0, 0.05) is 62.1 Å².